The summed E-state index contributed by atoms with van der Waals surface area (Å²) >= 11 is 0. The Hall–Kier alpha value is -1.14. The van der Waals surface area contributed by atoms with Crippen molar-refractivity contribution in [2.24, 2.45) is 5.41 Å². The molecule has 4 nitrogen and oxygen atoms in total. The van der Waals surface area contributed by atoms with E-state index in [-0.39, 0.29) is 21.6 Å². The van der Waals surface area contributed by atoms with E-state index < -0.39 is 15.8 Å². The lowest BCUT2D eigenvalue weighted by molar-refractivity contribution is 0.407. The highest BCUT2D eigenvalue weighted by atomic mass is 32.2. The highest BCUT2D eigenvalue weighted by molar-refractivity contribution is 7.89. The molecular formula is C13H21FN2O2S. The number of hydrogen-bond donors (Lipinski definition) is 2. The fraction of sp³-hybridized carbons (Fsp3) is 0.538. The number of nitrogen functional groups attached to an aromatic ring is 1. The average Bonchev–Trinajstić information content (AvgIpc) is 2.22. The SMILES string of the molecule is Cc1cc(F)c(N)c(C)c1S(=O)(=O)NCC(C)(C)C. The van der Waals surface area contributed by atoms with Gasteiger partial charge in [0, 0.05) is 6.54 Å². The van der Waals surface area contributed by atoms with Crippen LogP contribution in [0.2, 0.25) is 0 Å². The first-order valence-corrected chi connectivity index (χ1v) is 7.49. The van der Waals surface area contributed by atoms with Gasteiger partial charge in [0.15, 0.2) is 0 Å². The van der Waals surface area contributed by atoms with E-state index in [0.29, 0.717) is 12.1 Å². The molecule has 0 aliphatic carbocycles. The third-order valence-electron chi connectivity index (χ3n) is 2.76. The molecule has 19 heavy (non-hydrogen) atoms. The monoisotopic (exact) mass is 288 g/mol. The number of halogens is 1. The molecule has 1 aromatic rings. The number of hydrogen-bond acceptors (Lipinski definition) is 3. The summed E-state index contributed by atoms with van der Waals surface area (Å²) in [6, 6.07) is 1.15. The fourth-order valence-electron chi connectivity index (χ4n) is 1.73. The van der Waals surface area contributed by atoms with Crippen molar-refractivity contribution in [3.63, 3.8) is 0 Å². The molecule has 0 saturated carbocycles. The molecule has 0 bridgehead atoms. The number of nitrogens with one attached hydrogen (secondary N) is 1. The van der Waals surface area contributed by atoms with Crippen LogP contribution in [0.4, 0.5) is 10.1 Å². The molecule has 0 fully saturated rings. The number of sulfonamides is 1. The highest BCUT2D eigenvalue weighted by Crippen LogP contribution is 2.27. The second kappa shape index (κ2) is 5.09. The molecule has 108 valence electrons. The summed E-state index contributed by atoms with van der Waals surface area (Å²) in [6.07, 6.45) is 0. The normalized spacial score (nSPS) is 12.7. The maximum Gasteiger partial charge on any atom is 0.241 e. The second-order valence-electron chi connectivity index (χ2n) is 5.93. The van der Waals surface area contributed by atoms with E-state index in [9.17, 15) is 12.8 Å². The summed E-state index contributed by atoms with van der Waals surface area (Å²) in [6.45, 7) is 9.14. The molecule has 0 aliphatic rings. The van der Waals surface area contributed by atoms with Crippen LogP contribution in [0.1, 0.15) is 31.9 Å². The maximum atomic E-state index is 13.4. The van der Waals surface area contributed by atoms with Crippen molar-refractivity contribution in [3.8, 4) is 0 Å². The molecule has 1 rings (SSSR count). The Kier molecular flexibility index (Phi) is 4.27. The zero-order valence-corrected chi connectivity index (χ0v) is 12.8. The largest absolute Gasteiger partial charge is 0.396 e. The van der Waals surface area contributed by atoms with Crippen molar-refractivity contribution in [1.82, 2.24) is 4.72 Å². The van der Waals surface area contributed by atoms with Gasteiger partial charge in [-0.25, -0.2) is 17.5 Å². The lowest BCUT2D eigenvalue weighted by atomic mass is 9.98. The second-order valence-corrected chi connectivity index (χ2v) is 7.63. The molecule has 0 atom stereocenters. The summed E-state index contributed by atoms with van der Waals surface area (Å²) in [5, 5.41) is 0. The highest BCUT2D eigenvalue weighted by Gasteiger charge is 2.24. The van der Waals surface area contributed by atoms with Gasteiger partial charge in [0.25, 0.3) is 0 Å². The van der Waals surface area contributed by atoms with E-state index in [0.717, 1.165) is 6.07 Å². The van der Waals surface area contributed by atoms with Crippen LogP contribution in [0.3, 0.4) is 0 Å². The summed E-state index contributed by atoms with van der Waals surface area (Å²) in [5.41, 5.74) is 5.86. The molecule has 0 radical (unpaired) electrons. The smallest absolute Gasteiger partial charge is 0.241 e. The third kappa shape index (κ3) is 3.67. The minimum Gasteiger partial charge on any atom is -0.396 e. The van der Waals surface area contributed by atoms with Crippen LogP contribution < -0.4 is 10.5 Å². The van der Waals surface area contributed by atoms with Crippen LogP contribution in [0.5, 0.6) is 0 Å². The molecule has 6 heteroatoms. The zero-order chi connectivity index (χ0) is 15.0. The first kappa shape index (κ1) is 15.9. The fourth-order valence-corrected chi connectivity index (χ4v) is 3.49. The topological polar surface area (TPSA) is 72.2 Å². The minimum absolute atomic E-state index is 0.0654. The van der Waals surface area contributed by atoms with Gasteiger partial charge in [0.2, 0.25) is 10.0 Å². The maximum absolute atomic E-state index is 13.4. The number of nitrogens with two attached hydrogens (primary N) is 1. The summed E-state index contributed by atoms with van der Waals surface area (Å²) in [5.74, 6) is -0.593. The van der Waals surface area contributed by atoms with Gasteiger partial charge < -0.3 is 5.73 Å². The van der Waals surface area contributed by atoms with E-state index in [1.165, 1.54) is 6.92 Å². The van der Waals surface area contributed by atoms with Crippen LogP contribution in [0.25, 0.3) is 0 Å². The molecule has 0 aromatic heterocycles. The van der Waals surface area contributed by atoms with Crippen molar-refractivity contribution in [2.75, 3.05) is 12.3 Å². The van der Waals surface area contributed by atoms with E-state index in [1.807, 2.05) is 20.8 Å². The van der Waals surface area contributed by atoms with Crippen LogP contribution >= 0.6 is 0 Å². The van der Waals surface area contributed by atoms with E-state index in [2.05, 4.69) is 4.72 Å². The van der Waals surface area contributed by atoms with Gasteiger partial charge in [0.1, 0.15) is 5.82 Å². The van der Waals surface area contributed by atoms with Gasteiger partial charge in [0.05, 0.1) is 10.6 Å². The molecule has 0 spiro atoms. The van der Waals surface area contributed by atoms with Gasteiger partial charge in [-0.3, -0.25) is 0 Å². The number of anilines is 1. The van der Waals surface area contributed by atoms with E-state index in [1.54, 1.807) is 6.92 Å². The molecule has 0 heterocycles. The Morgan fingerprint density at radius 2 is 1.84 bits per heavy atom. The molecule has 3 N–H and O–H groups in total. The van der Waals surface area contributed by atoms with Gasteiger partial charge in [-0.1, -0.05) is 20.8 Å². The molecular weight excluding hydrogens is 267 g/mol. The van der Waals surface area contributed by atoms with E-state index >= 15 is 0 Å². The number of rotatable bonds is 3. The quantitative estimate of drug-likeness (QED) is 0.839. The number of aryl methyl sites for hydroxylation is 1. The Bertz CT molecular complexity index is 590. The first-order valence-electron chi connectivity index (χ1n) is 6.00. The lowest BCUT2D eigenvalue weighted by Crippen LogP contribution is -2.33. The molecule has 1 aromatic carbocycles. The molecule has 0 unspecified atom stereocenters. The summed E-state index contributed by atoms with van der Waals surface area (Å²) in [4.78, 5) is 0.0654. The molecule has 0 aliphatic heterocycles. The van der Waals surface area contributed by atoms with Crippen molar-refractivity contribution in [1.29, 1.82) is 0 Å². The Morgan fingerprint density at radius 1 is 1.32 bits per heavy atom. The Morgan fingerprint density at radius 3 is 2.32 bits per heavy atom. The van der Waals surface area contributed by atoms with Crippen LogP contribution in [0, 0.1) is 25.1 Å². The predicted molar refractivity (Wildman–Crippen MR) is 74.9 cm³/mol. The Labute approximate surface area is 114 Å². The lowest BCUT2D eigenvalue weighted by Gasteiger charge is -2.20. The third-order valence-corrected chi connectivity index (χ3v) is 4.45. The molecule has 0 amide bonds. The zero-order valence-electron chi connectivity index (χ0n) is 12.0. The van der Waals surface area contributed by atoms with Gasteiger partial charge in [-0.2, -0.15) is 0 Å². The standard InChI is InChI=1S/C13H21FN2O2S/c1-8-6-10(14)11(15)9(2)12(8)19(17,18)16-7-13(3,4)5/h6,16H,7,15H2,1-5H3. The summed E-state index contributed by atoms with van der Waals surface area (Å²) in [7, 11) is -3.69. The van der Waals surface area contributed by atoms with Crippen LogP contribution in [-0.2, 0) is 10.0 Å². The van der Waals surface area contributed by atoms with Gasteiger partial charge in [-0.15, -0.1) is 0 Å². The van der Waals surface area contributed by atoms with Crippen molar-refractivity contribution < 1.29 is 12.8 Å². The van der Waals surface area contributed by atoms with Crippen molar-refractivity contribution in [2.45, 2.75) is 39.5 Å². The van der Waals surface area contributed by atoms with Crippen LogP contribution in [-0.4, -0.2) is 15.0 Å². The van der Waals surface area contributed by atoms with Gasteiger partial charge in [-0.05, 0) is 36.5 Å². The average molecular weight is 288 g/mol. The first-order chi connectivity index (χ1) is 8.46. The van der Waals surface area contributed by atoms with Crippen molar-refractivity contribution >= 4 is 15.7 Å². The Balaban J connectivity index is 3.27. The predicted octanol–water partition coefficient (Wildman–Crippen LogP) is 2.35. The minimum atomic E-state index is -3.69. The number of benzene rings is 1. The summed E-state index contributed by atoms with van der Waals surface area (Å²) < 4.78 is 40.6. The van der Waals surface area contributed by atoms with Crippen molar-refractivity contribution in [3.05, 3.63) is 23.0 Å². The molecule has 0 saturated heterocycles. The van der Waals surface area contributed by atoms with Crippen LogP contribution in [0.15, 0.2) is 11.0 Å². The van der Waals surface area contributed by atoms with E-state index in [4.69, 9.17) is 5.73 Å². The van der Waals surface area contributed by atoms with Gasteiger partial charge >= 0.3 is 0 Å².